The number of carbonyl (C=O) groups is 1. The minimum absolute atomic E-state index is 0.0485. The highest BCUT2D eigenvalue weighted by molar-refractivity contribution is 6.35. The number of amides is 1. The zero-order valence-corrected chi connectivity index (χ0v) is 18.2. The Balaban J connectivity index is 1.38. The number of hydrogen-bond donors (Lipinski definition) is 3. The molecule has 2 aliphatic rings. The van der Waals surface area contributed by atoms with Gasteiger partial charge in [0.05, 0.1) is 46.4 Å². The fraction of sp³-hybridized carbons (Fsp3) is 0.364. The van der Waals surface area contributed by atoms with E-state index in [9.17, 15) is 9.18 Å². The third-order valence-electron chi connectivity index (χ3n) is 6.39. The number of aromatic nitrogens is 5. The number of rotatable bonds is 5. The summed E-state index contributed by atoms with van der Waals surface area (Å²) in [6, 6.07) is 0.199. The van der Waals surface area contributed by atoms with Crippen LogP contribution in [-0.2, 0) is 4.79 Å². The fourth-order valence-electron chi connectivity index (χ4n) is 4.52. The van der Waals surface area contributed by atoms with Crippen molar-refractivity contribution in [2.24, 2.45) is 5.92 Å². The maximum Gasteiger partial charge on any atom is 0.231 e. The van der Waals surface area contributed by atoms with Gasteiger partial charge in [-0.05, 0) is 19.3 Å². The molecule has 0 bridgehead atoms. The summed E-state index contributed by atoms with van der Waals surface area (Å²) in [5.41, 5.74) is 2.16. The molecule has 3 heterocycles. The molecule has 170 valence electrons. The molecule has 1 amide bonds. The van der Waals surface area contributed by atoms with Crippen molar-refractivity contribution < 1.29 is 13.6 Å². The van der Waals surface area contributed by atoms with Crippen LogP contribution in [0.25, 0.3) is 27.8 Å². The second-order valence-electron chi connectivity index (χ2n) is 8.67. The topological polar surface area (TPSA) is 100 Å². The zero-order chi connectivity index (χ0) is 22.7. The van der Waals surface area contributed by atoms with E-state index in [-0.39, 0.29) is 17.5 Å². The summed E-state index contributed by atoms with van der Waals surface area (Å²) in [5.74, 6) is -1.27. The molecule has 33 heavy (non-hydrogen) atoms. The third kappa shape index (κ3) is 3.49. The van der Waals surface area contributed by atoms with Crippen molar-refractivity contribution in [2.75, 3.05) is 10.6 Å². The highest BCUT2D eigenvalue weighted by Crippen LogP contribution is 2.41. The minimum Gasteiger partial charge on any atom is -0.378 e. The Morgan fingerprint density at radius 3 is 2.79 bits per heavy atom. The fourth-order valence-corrected chi connectivity index (χ4v) is 4.81. The lowest BCUT2D eigenvalue weighted by Crippen LogP contribution is -2.16. The van der Waals surface area contributed by atoms with E-state index < -0.39 is 23.8 Å². The molecule has 2 saturated carbocycles. The van der Waals surface area contributed by atoms with Crippen molar-refractivity contribution in [3.63, 3.8) is 0 Å². The van der Waals surface area contributed by atoms with Crippen molar-refractivity contribution in [1.82, 2.24) is 24.6 Å². The molecule has 1 aromatic carbocycles. The molecule has 3 N–H and O–H groups in total. The maximum atomic E-state index is 15.4. The lowest BCUT2D eigenvalue weighted by Gasteiger charge is -2.17. The van der Waals surface area contributed by atoms with Crippen LogP contribution in [0.3, 0.4) is 0 Å². The summed E-state index contributed by atoms with van der Waals surface area (Å²) in [5, 5.41) is 13.5. The third-order valence-corrected chi connectivity index (χ3v) is 6.75. The number of fused-ring (bicyclic) bond motifs is 2. The first-order valence-electron chi connectivity index (χ1n) is 10.9. The predicted octanol–water partition coefficient (Wildman–Crippen LogP) is 4.72. The first kappa shape index (κ1) is 20.3. The number of benzene rings is 1. The second kappa shape index (κ2) is 7.65. The molecule has 4 aromatic rings. The van der Waals surface area contributed by atoms with Gasteiger partial charge < -0.3 is 15.0 Å². The molecule has 2 fully saturated rings. The Morgan fingerprint density at radius 2 is 2.03 bits per heavy atom. The summed E-state index contributed by atoms with van der Waals surface area (Å²) in [6.45, 7) is 0. The largest absolute Gasteiger partial charge is 0.378 e. The second-order valence-corrected chi connectivity index (χ2v) is 9.05. The molecular formula is C22H20ClF2N7O. The van der Waals surface area contributed by atoms with Crippen LogP contribution in [0.1, 0.15) is 32.1 Å². The van der Waals surface area contributed by atoms with Crippen molar-refractivity contribution in [2.45, 2.75) is 44.3 Å². The van der Waals surface area contributed by atoms with Crippen LogP contribution in [0.2, 0.25) is 5.02 Å². The highest BCUT2D eigenvalue weighted by atomic mass is 35.5. The number of halogens is 3. The van der Waals surface area contributed by atoms with Crippen LogP contribution >= 0.6 is 11.6 Å². The normalized spacial score (nSPS) is 20.6. The summed E-state index contributed by atoms with van der Waals surface area (Å²) < 4.78 is 30.2. The summed E-state index contributed by atoms with van der Waals surface area (Å²) >= 11 is 6.52. The SMILES string of the molecule is O=C(Nc1cn2cc(-c3c(Cl)c(F)c(NC4CCCC4)c4[nH]ncc34)ncc2n1)C1CC1F. The number of aromatic amines is 1. The number of carbonyl (C=O) groups excluding carboxylic acids is 1. The van der Waals surface area contributed by atoms with Gasteiger partial charge in [-0.2, -0.15) is 5.10 Å². The predicted molar refractivity (Wildman–Crippen MR) is 121 cm³/mol. The first-order valence-corrected chi connectivity index (χ1v) is 11.3. The lowest BCUT2D eigenvalue weighted by molar-refractivity contribution is -0.117. The van der Waals surface area contributed by atoms with Gasteiger partial charge >= 0.3 is 0 Å². The molecule has 8 nitrogen and oxygen atoms in total. The number of H-pyrrole nitrogens is 1. The molecule has 11 heteroatoms. The highest BCUT2D eigenvalue weighted by Gasteiger charge is 2.43. The van der Waals surface area contributed by atoms with E-state index in [1.165, 1.54) is 6.20 Å². The van der Waals surface area contributed by atoms with Gasteiger partial charge in [0, 0.05) is 23.2 Å². The quantitative estimate of drug-likeness (QED) is 0.391. The molecule has 2 unspecified atom stereocenters. The standard InChI is InChI=1S/C22H20ClF2N7O/c23-18-17(12-6-27-31-20(12)21(19(18)25)28-10-3-1-2-4-10)14-8-32-9-15(29-16(32)7-26-14)30-22(33)11-5-13(11)24/h6-11,13,28H,1-5H2,(H,27,31)(H,30,33). The Kier molecular flexibility index (Phi) is 4.72. The summed E-state index contributed by atoms with van der Waals surface area (Å²) in [7, 11) is 0. The number of imidazole rings is 1. The molecule has 0 radical (unpaired) electrons. The van der Waals surface area contributed by atoms with Gasteiger partial charge in [0.1, 0.15) is 6.17 Å². The Hall–Kier alpha value is -3.27. The van der Waals surface area contributed by atoms with Gasteiger partial charge in [-0.3, -0.25) is 14.9 Å². The van der Waals surface area contributed by atoms with Crippen molar-refractivity contribution >= 4 is 45.6 Å². The average Bonchev–Trinajstić information content (AvgIpc) is 3.22. The summed E-state index contributed by atoms with van der Waals surface area (Å²) in [4.78, 5) is 20.7. The van der Waals surface area contributed by atoms with E-state index in [1.807, 2.05) is 0 Å². The van der Waals surface area contributed by atoms with E-state index in [0.29, 0.717) is 39.3 Å². The van der Waals surface area contributed by atoms with Crippen LogP contribution < -0.4 is 10.6 Å². The number of anilines is 2. The number of nitrogens with zero attached hydrogens (tertiary/aromatic N) is 4. The maximum absolute atomic E-state index is 15.4. The van der Waals surface area contributed by atoms with Gasteiger partial charge in [0.25, 0.3) is 0 Å². The Labute approximate surface area is 191 Å². The van der Waals surface area contributed by atoms with Gasteiger partial charge in [-0.15, -0.1) is 0 Å². The van der Waals surface area contributed by atoms with Crippen LogP contribution in [0.15, 0.2) is 24.8 Å². The molecule has 0 spiro atoms. The Bertz CT molecular complexity index is 1390. The molecule has 0 aliphatic heterocycles. The van der Waals surface area contributed by atoms with E-state index in [0.717, 1.165) is 25.7 Å². The van der Waals surface area contributed by atoms with Crippen molar-refractivity contribution in [3.8, 4) is 11.3 Å². The van der Waals surface area contributed by atoms with E-state index >= 15 is 4.39 Å². The van der Waals surface area contributed by atoms with Gasteiger partial charge in [0.2, 0.25) is 5.91 Å². The van der Waals surface area contributed by atoms with Gasteiger partial charge in [-0.25, -0.2) is 13.8 Å². The van der Waals surface area contributed by atoms with E-state index in [1.54, 1.807) is 23.0 Å². The molecule has 2 aliphatic carbocycles. The molecule has 3 aromatic heterocycles. The Morgan fingerprint density at radius 1 is 1.24 bits per heavy atom. The van der Waals surface area contributed by atoms with Gasteiger partial charge in [0.15, 0.2) is 17.3 Å². The monoisotopic (exact) mass is 471 g/mol. The van der Waals surface area contributed by atoms with Crippen LogP contribution in [0.5, 0.6) is 0 Å². The number of hydrogen-bond acceptors (Lipinski definition) is 5. The molecular weight excluding hydrogens is 452 g/mol. The van der Waals surface area contributed by atoms with E-state index in [4.69, 9.17) is 11.6 Å². The average molecular weight is 472 g/mol. The number of nitrogens with one attached hydrogen (secondary N) is 3. The zero-order valence-electron chi connectivity index (χ0n) is 17.4. The molecule has 6 rings (SSSR count). The van der Waals surface area contributed by atoms with Crippen molar-refractivity contribution in [3.05, 3.63) is 35.6 Å². The van der Waals surface area contributed by atoms with Crippen LogP contribution in [0.4, 0.5) is 20.3 Å². The van der Waals surface area contributed by atoms with Crippen LogP contribution in [-0.4, -0.2) is 42.7 Å². The first-order chi connectivity index (χ1) is 16.0. The van der Waals surface area contributed by atoms with Gasteiger partial charge in [-0.1, -0.05) is 24.4 Å². The van der Waals surface area contributed by atoms with E-state index in [2.05, 4.69) is 30.8 Å². The minimum atomic E-state index is -1.09. The number of alkyl halides is 1. The summed E-state index contributed by atoms with van der Waals surface area (Å²) in [6.07, 6.45) is 9.71. The lowest BCUT2D eigenvalue weighted by atomic mass is 10.0. The smallest absolute Gasteiger partial charge is 0.231 e. The molecule has 2 atom stereocenters. The van der Waals surface area contributed by atoms with Crippen molar-refractivity contribution in [1.29, 1.82) is 0 Å². The molecule has 0 saturated heterocycles. The van der Waals surface area contributed by atoms with Crippen LogP contribution in [0, 0.1) is 11.7 Å².